The Morgan fingerprint density at radius 1 is 0.762 bits per heavy atom. The van der Waals surface area contributed by atoms with E-state index in [1.54, 1.807) is 12.1 Å². The molecule has 0 saturated carbocycles. The van der Waals surface area contributed by atoms with Gasteiger partial charge in [-0.25, -0.2) is 0 Å². The standard InChI is InChI=1S/C18H20O3/c1-3-5-11-7-13-14-8-12(6-4-2)16(20)10-18(14)21-17(13)9-15(11)19/h7-10,19-20H,3-6H2,1-2H3. The third-order valence-electron chi connectivity index (χ3n) is 3.91. The van der Waals surface area contributed by atoms with Gasteiger partial charge in [0, 0.05) is 22.9 Å². The second kappa shape index (κ2) is 5.32. The highest BCUT2D eigenvalue weighted by Gasteiger charge is 2.13. The highest BCUT2D eigenvalue weighted by Crippen LogP contribution is 2.36. The lowest BCUT2D eigenvalue weighted by atomic mass is 10.0. The van der Waals surface area contributed by atoms with E-state index in [2.05, 4.69) is 13.8 Å². The molecule has 0 bridgehead atoms. The van der Waals surface area contributed by atoms with E-state index in [-0.39, 0.29) is 11.5 Å². The van der Waals surface area contributed by atoms with E-state index in [1.807, 2.05) is 12.1 Å². The summed E-state index contributed by atoms with van der Waals surface area (Å²) in [5.74, 6) is 0.558. The van der Waals surface area contributed by atoms with E-state index in [4.69, 9.17) is 4.42 Å². The van der Waals surface area contributed by atoms with Crippen molar-refractivity contribution in [2.24, 2.45) is 0 Å². The minimum absolute atomic E-state index is 0.279. The van der Waals surface area contributed by atoms with Gasteiger partial charge in [0.2, 0.25) is 0 Å². The van der Waals surface area contributed by atoms with Gasteiger partial charge in [-0.1, -0.05) is 26.7 Å². The summed E-state index contributed by atoms with van der Waals surface area (Å²) in [5, 5.41) is 22.1. The third kappa shape index (κ3) is 2.33. The molecule has 110 valence electrons. The lowest BCUT2D eigenvalue weighted by Gasteiger charge is -2.04. The van der Waals surface area contributed by atoms with Gasteiger partial charge in [-0.15, -0.1) is 0 Å². The fourth-order valence-electron chi connectivity index (χ4n) is 2.88. The average Bonchev–Trinajstić information content (AvgIpc) is 2.77. The van der Waals surface area contributed by atoms with E-state index < -0.39 is 0 Å². The maximum Gasteiger partial charge on any atom is 0.139 e. The van der Waals surface area contributed by atoms with Gasteiger partial charge in [-0.2, -0.15) is 0 Å². The van der Waals surface area contributed by atoms with E-state index >= 15 is 0 Å². The second-order valence-corrected chi connectivity index (χ2v) is 5.56. The molecule has 0 atom stereocenters. The predicted molar refractivity (Wildman–Crippen MR) is 85.0 cm³/mol. The summed E-state index contributed by atoms with van der Waals surface area (Å²) >= 11 is 0. The maximum atomic E-state index is 10.0. The van der Waals surface area contributed by atoms with E-state index in [1.165, 1.54) is 0 Å². The van der Waals surface area contributed by atoms with Gasteiger partial charge in [-0.05, 0) is 36.1 Å². The Balaban J connectivity index is 2.27. The SMILES string of the molecule is CCCc1cc2c(cc1O)oc1cc(O)c(CCC)cc12. The quantitative estimate of drug-likeness (QED) is 0.716. The highest BCUT2D eigenvalue weighted by atomic mass is 16.3. The molecule has 0 saturated heterocycles. The minimum atomic E-state index is 0.279. The number of rotatable bonds is 4. The summed E-state index contributed by atoms with van der Waals surface area (Å²) < 4.78 is 5.76. The molecule has 0 fully saturated rings. The van der Waals surface area contributed by atoms with Crippen LogP contribution in [0.15, 0.2) is 28.7 Å². The molecule has 0 spiro atoms. The smallest absolute Gasteiger partial charge is 0.139 e. The van der Waals surface area contributed by atoms with Crippen LogP contribution in [0.3, 0.4) is 0 Å². The van der Waals surface area contributed by atoms with Crippen LogP contribution in [0.25, 0.3) is 21.9 Å². The van der Waals surface area contributed by atoms with Crippen molar-refractivity contribution in [1.82, 2.24) is 0 Å². The van der Waals surface area contributed by atoms with Crippen molar-refractivity contribution in [3.05, 3.63) is 35.4 Å². The molecule has 2 aromatic carbocycles. The lowest BCUT2D eigenvalue weighted by molar-refractivity contribution is 0.466. The zero-order chi connectivity index (χ0) is 15.0. The Morgan fingerprint density at radius 2 is 1.19 bits per heavy atom. The zero-order valence-corrected chi connectivity index (χ0v) is 12.4. The van der Waals surface area contributed by atoms with Crippen LogP contribution >= 0.6 is 0 Å². The molecule has 1 aromatic heterocycles. The number of fused-ring (bicyclic) bond motifs is 3. The highest BCUT2D eigenvalue weighted by molar-refractivity contribution is 6.06. The number of aryl methyl sites for hydroxylation is 2. The Labute approximate surface area is 123 Å². The van der Waals surface area contributed by atoms with Crippen molar-refractivity contribution < 1.29 is 14.6 Å². The minimum Gasteiger partial charge on any atom is -0.508 e. The first-order valence-electron chi connectivity index (χ1n) is 7.54. The molecule has 0 amide bonds. The molecule has 21 heavy (non-hydrogen) atoms. The van der Waals surface area contributed by atoms with E-state index in [0.29, 0.717) is 11.2 Å². The Kier molecular flexibility index (Phi) is 3.50. The van der Waals surface area contributed by atoms with Crippen molar-refractivity contribution in [1.29, 1.82) is 0 Å². The van der Waals surface area contributed by atoms with Crippen molar-refractivity contribution in [3.8, 4) is 11.5 Å². The molecule has 1 heterocycles. The van der Waals surface area contributed by atoms with Gasteiger partial charge in [-0.3, -0.25) is 0 Å². The van der Waals surface area contributed by atoms with Crippen LogP contribution in [-0.2, 0) is 12.8 Å². The maximum absolute atomic E-state index is 10.0. The molecular formula is C18H20O3. The van der Waals surface area contributed by atoms with Gasteiger partial charge >= 0.3 is 0 Å². The third-order valence-corrected chi connectivity index (χ3v) is 3.91. The van der Waals surface area contributed by atoms with Crippen LogP contribution in [0.4, 0.5) is 0 Å². The summed E-state index contributed by atoms with van der Waals surface area (Å²) in [6, 6.07) is 7.37. The van der Waals surface area contributed by atoms with Gasteiger partial charge < -0.3 is 14.6 Å². The van der Waals surface area contributed by atoms with Gasteiger partial charge in [0.15, 0.2) is 0 Å². The molecule has 2 N–H and O–H groups in total. The van der Waals surface area contributed by atoms with Crippen molar-refractivity contribution in [3.63, 3.8) is 0 Å². The molecule has 3 rings (SSSR count). The number of aromatic hydroxyl groups is 2. The molecule has 3 heteroatoms. The van der Waals surface area contributed by atoms with Crippen LogP contribution in [0, 0.1) is 0 Å². The van der Waals surface area contributed by atoms with Crippen LogP contribution in [0.2, 0.25) is 0 Å². The number of benzene rings is 2. The Hall–Kier alpha value is -2.16. The zero-order valence-electron chi connectivity index (χ0n) is 12.4. The number of phenolic OH excluding ortho intramolecular Hbond substituents is 2. The van der Waals surface area contributed by atoms with Gasteiger partial charge in [0.25, 0.3) is 0 Å². The number of furan rings is 1. The molecule has 0 unspecified atom stereocenters. The molecule has 0 aliphatic rings. The monoisotopic (exact) mass is 284 g/mol. The molecule has 0 aliphatic heterocycles. The van der Waals surface area contributed by atoms with Gasteiger partial charge in [0.05, 0.1) is 0 Å². The average molecular weight is 284 g/mol. The summed E-state index contributed by atoms with van der Waals surface area (Å²) in [5.41, 5.74) is 3.21. The summed E-state index contributed by atoms with van der Waals surface area (Å²) in [7, 11) is 0. The van der Waals surface area contributed by atoms with Crippen molar-refractivity contribution >= 4 is 21.9 Å². The van der Waals surface area contributed by atoms with Crippen LogP contribution in [0.1, 0.15) is 37.8 Å². The fourth-order valence-corrected chi connectivity index (χ4v) is 2.88. The first-order chi connectivity index (χ1) is 10.1. The first-order valence-corrected chi connectivity index (χ1v) is 7.54. The lowest BCUT2D eigenvalue weighted by Crippen LogP contribution is -1.85. The summed E-state index contributed by atoms with van der Waals surface area (Å²) in [6.45, 7) is 4.18. The van der Waals surface area contributed by atoms with Crippen LogP contribution < -0.4 is 0 Å². The topological polar surface area (TPSA) is 53.6 Å². The van der Waals surface area contributed by atoms with Crippen LogP contribution in [-0.4, -0.2) is 10.2 Å². The summed E-state index contributed by atoms with van der Waals surface area (Å²) in [4.78, 5) is 0. The van der Waals surface area contributed by atoms with Crippen molar-refractivity contribution in [2.75, 3.05) is 0 Å². The van der Waals surface area contributed by atoms with Crippen molar-refractivity contribution in [2.45, 2.75) is 39.5 Å². The summed E-state index contributed by atoms with van der Waals surface area (Å²) in [6.07, 6.45) is 3.65. The first kappa shape index (κ1) is 13.8. The largest absolute Gasteiger partial charge is 0.508 e. The number of hydrogen-bond donors (Lipinski definition) is 2. The fraction of sp³-hybridized carbons (Fsp3) is 0.333. The van der Waals surface area contributed by atoms with E-state index in [9.17, 15) is 10.2 Å². The van der Waals surface area contributed by atoms with E-state index in [0.717, 1.165) is 47.6 Å². The molecule has 0 radical (unpaired) electrons. The molecular weight excluding hydrogens is 264 g/mol. The Bertz CT molecular complexity index is 733. The molecule has 0 aliphatic carbocycles. The number of hydrogen-bond acceptors (Lipinski definition) is 3. The molecule has 3 nitrogen and oxygen atoms in total. The normalized spacial score (nSPS) is 11.5. The number of phenols is 2. The van der Waals surface area contributed by atoms with Crippen LogP contribution in [0.5, 0.6) is 11.5 Å². The molecule has 3 aromatic rings. The van der Waals surface area contributed by atoms with Gasteiger partial charge in [0.1, 0.15) is 22.7 Å². The predicted octanol–water partition coefficient (Wildman–Crippen LogP) is 4.90. The second-order valence-electron chi connectivity index (χ2n) is 5.56. The Morgan fingerprint density at radius 3 is 1.57 bits per heavy atom.